The number of hydrogen-bond acceptors (Lipinski definition) is 3. The first kappa shape index (κ1) is 18.4. The van der Waals surface area contributed by atoms with Crippen LogP contribution in [0.25, 0.3) is 0 Å². The predicted molar refractivity (Wildman–Crippen MR) is 99.6 cm³/mol. The Bertz CT molecular complexity index is 765. The van der Waals surface area contributed by atoms with E-state index in [0.717, 1.165) is 25.4 Å². The van der Waals surface area contributed by atoms with E-state index in [4.69, 9.17) is 4.74 Å². The number of ether oxygens (including phenoxy) is 1. The fourth-order valence-corrected chi connectivity index (χ4v) is 3.48. The van der Waals surface area contributed by atoms with E-state index >= 15 is 0 Å². The lowest BCUT2D eigenvalue weighted by Gasteiger charge is -2.40. The molecule has 0 saturated carbocycles. The molecule has 4 nitrogen and oxygen atoms in total. The van der Waals surface area contributed by atoms with Crippen molar-refractivity contribution >= 4 is 5.91 Å². The molecule has 1 heterocycles. The highest BCUT2D eigenvalue weighted by atomic mass is 19.1. The molecule has 0 unspecified atom stereocenters. The van der Waals surface area contributed by atoms with Crippen molar-refractivity contribution < 1.29 is 13.9 Å². The van der Waals surface area contributed by atoms with Crippen molar-refractivity contribution in [2.75, 3.05) is 26.7 Å². The maximum absolute atomic E-state index is 13.8. The number of carbonyl (C=O) groups is 1. The number of piperazine rings is 1. The normalized spacial score (nSPS) is 18.0. The zero-order valence-corrected chi connectivity index (χ0v) is 15.3. The first-order valence-corrected chi connectivity index (χ1v) is 8.95. The molecule has 0 aliphatic carbocycles. The van der Waals surface area contributed by atoms with Crippen molar-refractivity contribution in [2.45, 2.75) is 25.9 Å². The molecule has 5 heteroatoms. The predicted octanol–water partition coefficient (Wildman–Crippen LogP) is 3.11. The molecule has 0 radical (unpaired) electrons. The van der Waals surface area contributed by atoms with Gasteiger partial charge in [0.1, 0.15) is 11.6 Å². The molecule has 0 aromatic heterocycles. The number of nitrogens with zero attached hydrogens (tertiary/aromatic N) is 2. The highest BCUT2D eigenvalue weighted by Crippen LogP contribution is 2.18. The molecule has 1 aliphatic rings. The van der Waals surface area contributed by atoms with Crippen LogP contribution in [-0.4, -0.2) is 48.5 Å². The lowest BCUT2D eigenvalue weighted by molar-refractivity contribution is -0.135. The van der Waals surface area contributed by atoms with Crippen LogP contribution >= 0.6 is 0 Å². The Morgan fingerprint density at radius 1 is 1.19 bits per heavy atom. The topological polar surface area (TPSA) is 32.8 Å². The molecule has 1 aliphatic heterocycles. The van der Waals surface area contributed by atoms with Crippen LogP contribution in [0.15, 0.2) is 48.5 Å². The lowest BCUT2D eigenvalue weighted by Crippen LogP contribution is -2.54. The van der Waals surface area contributed by atoms with Crippen LogP contribution in [0.1, 0.15) is 18.1 Å². The largest absolute Gasteiger partial charge is 0.497 e. The second kappa shape index (κ2) is 8.32. The summed E-state index contributed by atoms with van der Waals surface area (Å²) in [5.74, 6) is 0.531. The number of carbonyl (C=O) groups excluding carboxylic acids is 1. The molecule has 138 valence electrons. The molecule has 2 aromatic rings. The Kier molecular flexibility index (Phi) is 5.89. The number of amides is 1. The van der Waals surface area contributed by atoms with Gasteiger partial charge in [0.2, 0.25) is 5.91 Å². The summed E-state index contributed by atoms with van der Waals surface area (Å²) in [6, 6.07) is 14.6. The molecule has 0 bridgehead atoms. The van der Waals surface area contributed by atoms with E-state index in [2.05, 4.69) is 17.9 Å². The van der Waals surface area contributed by atoms with Gasteiger partial charge in [0, 0.05) is 32.2 Å². The van der Waals surface area contributed by atoms with Gasteiger partial charge < -0.3 is 9.64 Å². The highest BCUT2D eigenvalue weighted by molar-refractivity contribution is 5.79. The summed E-state index contributed by atoms with van der Waals surface area (Å²) in [6.45, 7) is 5.16. The van der Waals surface area contributed by atoms with Gasteiger partial charge >= 0.3 is 0 Å². The lowest BCUT2D eigenvalue weighted by atomic mass is 10.1. The Balaban J connectivity index is 1.57. The molecular weight excluding hydrogens is 331 g/mol. The average Bonchev–Trinajstić information content (AvgIpc) is 2.64. The fourth-order valence-electron chi connectivity index (χ4n) is 3.48. The molecule has 2 aromatic carbocycles. The zero-order valence-electron chi connectivity index (χ0n) is 15.3. The van der Waals surface area contributed by atoms with Crippen LogP contribution in [0.5, 0.6) is 5.75 Å². The van der Waals surface area contributed by atoms with Crippen LogP contribution in [0.3, 0.4) is 0 Å². The maximum Gasteiger partial charge on any atom is 0.227 e. The van der Waals surface area contributed by atoms with Crippen molar-refractivity contribution in [3.63, 3.8) is 0 Å². The minimum atomic E-state index is -0.315. The molecule has 0 N–H and O–H groups in total. The third-order valence-electron chi connectivity index (χ3n) is 4.87. The highest BCUT2D eigenvalue weighted by Gasteiger charge is 2.27. The molecule has 1 fully saturated rings. The minimum absolute atomic E-state index is 0.0105. The SMILES string of the molecule is COc1cccc(CN2CCN(C(=O)Cc3ccccc3F)[C@@H](C)C2)c1. The van der Waals surface area contributed by atoms with Gasteiger partial charge in [0.25, 0.3) is 0 Å². The fraction of sp³-hybridized carbons (Fsp3) is 0.381. The van der Waals surface area contributed by atoms with E-state index in [0.29, 0.717) is 12.1 Å². The van der Waals surface area contributed by atoms with Crippen molar-refractivity contribution in [2.24, 2.45) is 0 Å². The van der Waals surface area contributed by atoms with E-state index < -0.39 is 0 Å². The molecule has 1 saturated heterocycles. The summed E-state index contributed by atoms with van der Waals surface area (Å²) in [4.78, 5) is 16.8. The van der Waals surface area contributed by atoms with Crippen molar-refractivity contribution in [3.05, 3.63) is 65.5 Å². The standard InChI is InChI=1S/C21H25FN2O2/c1-16-14-23(15-17-6-5-8-19(12-17)26-2)10-11-24(16)21(25)13-18-7-3-4-9-20(18)22/h3-9,12,16H,10-11,13-15H2,1-2H3/t16-/m0/s1. The van der Waals surface area contributed by atoms with Crippen LogP contribution < -0.4 is 4.74 Å². The van der Waals surface area contributed by atoms with E-state index in [1.165, 1.54) is 11.6 Å². The van der Waals surface area contributed by atoms with Gasteiger partial charge in [-0.05, 0) is 36.2 Å². The summed E-state index contributed by atoms with van der Waals surface area (Å²) in [5, 5.41) is 0. The minimum Gasteiger partial charge on any atom is -0.497 e. The number of rotatable bonds is 5. The summed E-state index contributed by atoms with van der Waals surface area (Å²) >= 11 is 0. The van der Waals surface area contributed by atoms with E-state index in [1.807, 2.05) is 23.1 Å². The quantitative estimate of drug-likeness (QED) is 0.825. The van der Waals surface area contributed by atoms with Gasteiger partial charge in [0.05, 0.1) is 13.5 Å². The van der Waals surface area contributed by atoms with E-state index in [1.54, 1.807) is 25.3 Å². The second-order valence-electron chi connectivity index (χ2n) is 6.79. The summed E-state index contributed by atoms with van der Waals surface area (Å²) in [7, 11) is 1.67. The van der Waals surface area contributed by atoms with Gasteiger partial charge in [-0.15, -0.1) is 0 Å². The molecular formula is C21H25FN2O2. The Morgan fingerprint density at radius 2 is 2.00 bits per heavy atom. The number of halogens is 1. The van der Waals surface area contributed by atoms with Gasteiger partial charge in [-0.2, -0.15) is 0 Å². The number of benzene rings is 2. The van der Waals surface area contributed by atoms with Crippen LogP contribution in [0.2, 0.25) is 0 Å². The van der Waals surface area contributed by atoms with Crippen molar-refractivity contribution in [1.29, 1.82) is 0 Å². The first-order valence-electron chi connectivity index (χ1n) is 8.95. The summed E-state index contributed by atoms with van der Waals surface area (Å²) in [6.07, 6.45) is 0.118. The molecule has 26 heavy (non-hydrogen) atoms. The van der Waals surface area contributed by atoms with Gasteiger partial charge in [-0.25, -0.2) is 4.39 Å². The first-order chi connectivity index (χ1) is 12.6. The summed E-state index contributed by atoms with van der Waals surface area (Å²) < 4.78 is 19.1. The van der Waals surface area contributed by atoms with Crippen molar-refractivity contribution in [1.82, 2.24) is 9.80 Å². The third-order valence-corrected chi connectivity index (χ3v) is 4.87. The monoisotopic (exact) mass is 356 g/mol. The van der Waals surface area contributed by atoms with Gasteiger partial charge in [-0.3, -0.25) is 9.69 Å². The van der Waals surface area contributed by atoms with Crippen LogP contribution in [0.4, 0.5) is 4.39 Å². The van der Waals surface area contributed by atoms with Crippen LogP contribution in [-0.2, 0) is 17.8 Å². The zero-order chi connectivity index (χ0) is 18.5. The smallest absolute Gasteiger partial charge is 0.227 e. The van der Waals surface area contributed by atoms with Crippen LogP contribution in [0, 0.1) is 5.82 Å². The molecule has 1 atom stereocenters. The third kappa shape index (κ3) is 4.41. The molecule has 3 rings (SSSR count). The van der Waals surface area contributed by atoms with Crippen molar-refractivity contribution in [3.8, 4) is 5.75 Å². The van der Waals surface area contributed by atoms with Gasteiger partial charge in [-0.1, -0.05) is 30.3 Å². The maximum atomic E-state index is 13.8. The Hall–Kier alpha value is -2.40. The van der Waals surface area contributed by atoms with E-state index in [-0.39, 0.29) is 24.2 Å². The number of hydrogen-bond donors (Lipinski definition) is 0. The summed E-state index contributed by atoms with van der Waals surface area (Å²) in [5.41, 5.74) is 1.66. The number of methoxy groups -OCH3 is 1. The molecule has 0 spiro atoms. The second-order valence-corrected chi connectivity index (χ2v) is 6.79. The Labute approximate surface area is 154 Å². The average molecular weight is 356 g/mol. The molecule has 1 amide bonds. The Morgan fingerprint density at radius 3 is 2.73 bits per heavy atom. The van der Waals surface area contributed by atoms with E-state index in [9.17, 15) is 9.18 Å². The van der Waals surface area contributed by atoms with Gasteiger partial charge in [0.15, 0.2) is 0 Å².